The minimum Gasteiger partial charge on any atom is -0.505 e. The molecule has 1 unspecified atom stereocenters. The van der Waals surface area contributed by atoms with E-state index in [0.29, 0.717) is 6.42 Å². The van der Waals surface area contributed by atoms with Crippen molar-refractivity contribution in [3.05, 3.63) is 80.1 Å². The van der Waals surface area contributed by atoms with Crippen LogP contribution in [0.5, 0.6) is 5.75 Å². The third-order valence-electron chi connectivity index (χ3n) is 5.01. The molecule has 30 heavy (non-hydrogen) atoms. The predicted octanol–water partition coefficient (Wildman–Crippen LogP) is 2.87. The first-order chi connectivity index (χ1) is 14.3. The maximum absolute atomic E-state index is 12.2. The number of rotatable bonds is 8. The highest BCUT2D eigenvalue weighted by Gasteiger charge is 2.25. The molecule has 0 heterocycles. The van der Waals surface area contributed by atoms with Gasteiger partial charge in [-0.05, 0) is 30.5 Å². The van der Waals surface area contributed by atoms with Crippen molar-refractivity contribution in [1.82, 2.24) is 4.90 Å². The molecule has 0 aliphatic carbocycles. The van der Waals surface area contributed by atoms with E-state index in [1.165, 1.54) is 11.0 Å². The molecule has 1 atom stereocenters. The van der Waals surface area contributed by atoms with E-state index in [4.69, 9.17) is 0 Å². The summed E-state index contributed by atoms with van der Waals surface area (Å²) in [7, 11) is 3.16. The first-order valence-electron chi connectivity index (χ1n) is 9.77. The molecule has 3 aromatic rings. The number of hydrogen-bond donors (Lipinski definition) is 3. The Hall–Kier alpha value is -3.61. The van der Waals surface area contributed by atoms with Crippen molar-refractivity contribution >= 4 is 23.0 Å². The average molecular weight is 407 g/mol. The second-order valence-corrected chi connectivity index (χ2v) is 7.37. The number of carbonyl (C=O) groups is 1. The SMILES string of the molecule is CCC(Cc1ccccc1)Nc1c(Nc2cccc(C(=O)N(C)C)c2O)c(=O)c1=O. The number of phenols is 1. The standard InChI is InChI=1S/C23H25N3O4/c1-4-15(13-14-9-6-5-7-10-14)24-18-19(22(29)21(18)28)25-17-12-8-11-16(20(17)27)23(30)26(2)3/h5-12,15,24-25,27H,4,13H2,1-3H3. The molecule has 0 bridgehead atoms. The fourth-order valence-electron chi connectivity index (χ4n) is 3.24. The lowest BCUT2D eigenvalue weighted by Crippen LogP contribution is -2.39. The number of phenolic OH excluding ortho intramolecular Hbond substituents is 1. The van der Waals surface area contributed by atoms with Gasteiger partial charge in [0.1, 0.15) is 11.4 Å². The highest BCUT2D eigenvalue weighted by molar-refractivity contribution is 5.99. The molecule has 3 rings (SSSR count). The van der Waals surface area contributed by atoms with Crippen LogP contribution in [0.4, 0.5) is 17.1 Å². The average Bonchev–Trinajstić information content (AvgIpc) is 2.76. The summed E-state index contributed by atoms with van der Waals surface area (Å²) in [6.45, 7) is 2.00. The quantitative estimate of drug-likeness (QED) is 0.392. The molecule has 0 radical (unpaired) electrons. The minimum atomic E-state index is -0.657. The molecule has 0 saturated heterocycles. The highest BCUT2D eigenvalue weighted by Crippen LogP contribution is 2.32. The fourth-order valence-corrected chi connectivity index (χ4v) is 3.24. The lowest BCUT2D eigenvalue weighted by molar-refractivity contribution is 0.0824. The number of hydrogen-bond acceptors (Lipinski definition) is 6. The summed E-state index contributed by atoms with van der Waals surface area (Å²) >= 11 is 0. The largest absolute Gasteiger partial charge is 0.505 e. The molecule has 0 aliphatic heterocycles. The van der Waals surface area contributed by atoms with Crippen molar-refractivity contribution in [2.75, 3.05) is 24.7 Å². The summed E-state index contributed by atoms with van der Waals surface area (Å²) < 4.78 is 0. The van der Waals surface area contributed by atoms with Gasteiger partial charge >= 0.3 is 0 Å². The summed E-state index contributed by atoms with van der Waals surface area (Å²) in [4.78, 5) is 37.9. The van der Waals surface area contributed by atoms with Gasteiger partial charge in [-0.25, -0.2) is 0 Å². The minimum absolute atomic E-state index is 0.0356. The number of anilines is 3. The zero-order valence-electron chi connectivity index (χ0n) is 17.2. The van der Waals surface area contributed by atoms with Gasteiger partial charge in [0.15, 0.2) is 5.75 Å². The normalized spacial score (nSPS) is 11.8. The van der Waals surface area contributed by atoms with Gasteiger partial charge in [0.25, 0.3) is 16.8 Å². The van der Waals surface area contributed by atoms with Crippen LogP contribution in [0.3, 0.4) is 0 Å². The van der Waals surface area contributed by atoms with Gasteiger partial charge in [-0.15, -0.1) is 0 Å². The van der Waals surface area contributed by atoms with E-state index in [1.54, 1.807) is 26.2 Å². The van der Waals surface area contributed by atoms with Gasteiger partial charge in [0.05, 0.1) is 11.3 Å². The monoisotopic (exact) mass is 407 g/mol. The number of carbonyl (C=O) groups excluding carboxylic acids is 1. The lowest BCUT2D eigenvalue weighted by Gasteiger charge is -2.22. The summed E-state index contributed by atoms with van der Waals surface area (Å²) in [5.41, 5.74) is 0.461. The molecule has 0 spiro atoms. The molecule has 0 saturated carbocycles. The summed E-state index contributed by atoms with van der Waals surface area (Å²) in [6.07, 6.45) is 1.46. The third-order valence-corrected chi connectivity index (χ3v) is 5.01. The molecular weight excluding hydrogens is 382 g/mol. The van der Waals surface area contributed by atoms with Crippen LogP contribution in [-0.4, -0.2) is 36.1 Å². The van der Waals surface area contributed by atoms with E-state index in [9.17, 15) is 19.5 Å². The maximum Gasteiger partial charge on any atom is 0.257 e. The van der Waals surface area contributed by atoms with E-state index in [-0.39, 0.29) is 40.3 Å². The van der Waals surface area contributed by atoms with E-state index in [2.05, 4.69) is 10.6 Å². The number of aromatic hydroxyl groups is 1. The topological polar surface area (TPSA) is 98.7 Å². The Morgan fingerprint density at radius 2 is 1.67 bits per heavy atom. The number of nitrogens with one attached hydrogen (secondary N) is 2. The van der Waals surface area contributed by atoms with Gasteiger partial charge in [0, 0.05) is 20.1 Å². The van der Waals surface area contributed by atoms with Crippen LogP contribution in [0.15, 0.2) is 58.1 Å². The summed E-state index contributed by atoms with van der Waals surface area (Å²) in [6, 6.07) is 14.5. The Bertz CT molecular complexity index is 1120. The van der Waals surface area contributed by atoms with Crippen molar-refractivity contribution < 1.29 is 9.90 Å². The van der Waals surface area contributed by atoms with E-state index < -0.39 is 10.9 Å². The van der Waals surface area contributed by atoms with Crippen LogP contribution in [0, 0.1) is 0 Å². The van der Waals surface area contributed by atoms with Crippen LogP contribution >= 0.6 is 0 Å². The van der Waals surface area contributed by atoms with E-state index in [0.717, 1.165) is 12.0 Å². The molecule has 1 amide bonds. The van der Waals surface area contributed by atoms with Gasteiger partial charge in [0.2, 0.25) is 0 Å². The van der Waals surface area contributed by atoms with Crippen molar-refractivity contribution in [2.45, 2.75) is 25.8 Å². The Morgan fingerprint density at radius 3 is 2.30 bits per heavy atom. The van der Waals surface area contributed by atoms with E-state index in [1.807, 2.05) is 37.3 Å². The van der Waals surface area contributed by atoms with E-state index >= 15 is 0 Å². The van der Waals surface area contributed by atoms with Crippen molar-refractivity contribution in [1.29, 1.82) is 0 Å². The molecule has 0 aliphatic rings. The number of benzene rings is 2. The van der Waals surface area contributed by atoms with Gasteiger partial charge in [-0.1, -0.05) is 43.3 Å². The molecule has 3 aromatic carbocycles. The predicted molar refractivity (Wildman–Crippen MR) is 119 cm³/mol. The van der Waals surface area contributed by atoms with Crippen LogP contribution in [0.2, 0.25) is 0 Å². The third kappa shape index (κ3) is 4.20. The highest BCUT2D eigenvalue weighted by atomic mass is 16.3. The molecule has 0 fully saturated rings. The lowest BCUT2D eigenvalue weighted by atomic mass is 10.0. The molecule has 156 valence electrons. The Balaban J connectivity index is 1.84. The molecule has 7 heteroatoms. The van der Waals surface area contributed by atoms with Crippen LogP contribution in [0.1, 0.15) is 29.3 Å². The van der Waals surface area contributed by atoms with Crippen LogP contribution < -0.4 is 21.5 Å². The zero-order valence-corrected chi connectivity index (χ0v) is 17.2. The fraction of sp³-hybridized carbons (Fsp3) is 0.261. The Labute approximate surface area is 174 Å². The maximum atomic E-state index is 12.2. The zero-order chi connectivity index (χ0) is 21.8. The second kappa shape index (κ2) is 8.82. The Morgan fingerprint density at radius 1 is 1.00 bits per heavy atom. The second-order valence-electron chi connectivity index (χ2n) is 7.37. The molecular formula is C23H25N3O4. The Kier molecular flexibility index (Phi) is 6.20. The van der Waals surface area contributed by atoms with Crippen molar-refractivity contribution in [3.8, 4) is 5.75 Å². The first kappa shape index (κ1) is 21.1. The van der Waals surface area contributed by atoms with Crippen LogP contribution in [-0.2, 0) is 6.42 Å². The smallest absolute Gasteiger partial charge is 0.257 e. The van der Waals surface area contributed by atoms with Crippen LogP contribution in [0.25, 0.3) is 0 Å². The molecule has 0 aromatic heterocycles. The number of para-hydroxylation sites is 1. The van der Waals surface area contributed by atoms with Crippen molar-refractivity contribution in [3.63, 3.8) is 0 Å². The number of nitrogens with zero attached hydrogens (tertiary/aromatic N) is 1. The molecule has 7 nitrogen and oxygen atoms in total. The van der Waals surface area contributed by atoms with Gasteiger partial charge < -0.3 is 20.6 Å². The van der Waals surface area contributed by atoms with Gasteiger partial charge in [-0.3, -0.25) is 14.4 Å². The van der Waals surface area contributed by atoms with Gasteiger partial charge in [-0.2, -0.15) is 0 Å². The summed E-state index contributed by atoms with van der Waals surface area (Å²) in [5, 5.41) is 16.5. The first-order valence-corrected chi connectivity index (χ1v) is 9.77. The summed E-state index contributed by atoms with van der Waals surface area (Å²) in [5.74, 6) is -0.639. The van der Waals surface area contributed by atoms with Crippen molar-refractivity contribution in [2.24, 2.45) is 0 Å². The number of amides is 1. The molecule has 3 N–H and O–H groups in total.